The Labute approximate surface area is 151 Å². The van der Waals surface area contributed by atoms with Crippen molar-refractivity contribution in [2.45, 2.75) is 12.3 Å². The van der Waals surface area contributed by atoms with Crippen LogP contribution in [-0.4, -0.2) is 30.9 Å². The van der Waals surface area contributed by atoms with Gasteiger partial charge in [-0.05, 0) is 44.3 Å². The molecule has 4 rings (SSSR count). The van der Waals surface area contributed by atoms with E-state index in [0.29, 0.717) is 6.42 Å². The molecule has 1 N–H and O–H groups in total. The van der Waals surface area contributed by atoms with Crippen molar-refractivity contribution in [2.75, 3.05) is 19.8 Å². The van der Waals surface area contributed by atoms with E-state index in [1.807, 2.05) is 30.3 Å². The van der Waals surface area contributed by atoms with Crippen LogP contribution in [0.4, 0.5) is 0 Å². The average molecular weight is 347 g/mol. The van der Waals surface area contributed by atoms with E-state index in [0.717, 1.165) is 37.9 Å². The Morgan fingerprint density at radius 3 is 2.27 bits per heavy atom. The van der Waals surface area contributed by atoms with E-state index in [2.05, 4.69) is 24.3 Å². The predicted molar refractivity (Wildman–Crippen MR) is 100 cm³/mol. The van der Waals surface area contributed by atoms with Gasteiger partial charge in [-0.15, -0.1) is 0 Å². The van der Waals surface area contributed by atoms with Crippen LogP contribution < -0.4 is 5.11 Å². The van der Waals surface area contributed by atoms with E-state index in [1.165, 1.54) is 0 Å². The van der Waals surface area contributed by atoms with Gasteiger partial charge in [-0.1, -0.05) is 54.6 Å². The van der Waals surface area contributed by atoms with Gasteiger partial charge in [0.25, 0.3) is 0 Å². The maximum absolute atomic E-state index is 11.8. The zero-order chi connectivity index (χ0) is 18.1. The fourth-order valence-electron chi connectivity index (χ4n) is 3.83. The van der Waals surface area contributed by atoms with Crippen LogP contribution in [0.2, 0.25) is 0 Å². The highest BCUT2D eigenvalue weighted by Crippen LogP contribution is 2.38. The molecule has 4 aromatic carbocycles. The number of hydrogen-bond acceptors (Lipinski definition) is 4. The van der Waals surface area contributed by atoms with Crippen LogP contribution in [0.15, 0.2) is 54.6 Å². The van der Waals surface area contributed by atoms with Gasteiger partial charge in [0, 0.05) is 18.5 Å². The SMILES string of the molecule is O=C([O-])C(CCOCCO)c1ccc2ccc3cccc4ccc1c2c34. The average Bonchev–Trinajstić information content (AvgIpc) is 2.66. The molecule has 132 valence electrons. The lowest BCUT2D eigenvalue weighted by molar-refractivity contribution is -0.308. The first kappa shape index (κ1) is 16.8. The molecule has 0 saturated carbocycles. The third-order valence-electron chi connectivity index (χ3n) is 5.01. The molecule has 0 aliphatic carbocycles. The number of carbonyl (C=O) groups excluding carboxylic acids is 1. The molecule has 0 heterocycles. The maximum Gasteiger partial charge on any atom is 0.0697 e. The molecule has 0 amide bonds. The zero-order valence-corrected chi connectivity index (χ0v) is 14.3. The van der Waals surface area contributed by atoms with Gasteiger partial charge in [-0.3, -0.25) is 0 Å². The monoisotopic (exact) mass is 347 g/mol. The summed E-state index contributed by atoms with van der Waals surface area (Å²) in [5, 5.41) is 27.2. The predicted octanol–water partition coefficient (Wildman–Crippen LogP) is 2.82. The Bertz CT molecular complexity index is 1050. The molecule has 0 aliphatic heterocycles. The van der Waals surface area contributed by atoms with Crippen molar-refractivity contribution in [2.24, 2.45) is 0 Å². The lowest BCUT2D eigenvalue weighted by atomic mass is 9.86. The van der Waals surface area contributed by atoms with E-state index < -0.39 is 11.9 Å². The highest BCUT2D eigenvalue weighted by atomic mass is 16.5. The van der Waals surface area contributed by atoms with E-state index in [4.69, 9.17) is 9.84 Å². The molecule has 0 bridgehead atoms. The first-order valence-corrected chi connectivity index (χ1v) is 8.76. The van der Waals surface area contributed by atoms with E-state index in [9.17, 15) is 9.90 Å². The Hall–Kier alpha value is -2.69. The highest BCUT2D eigenvalue weighted by Gasteiger charge is 2.18. The quantitative estimate of drug-likeness (QED) is 0.412. The van der Waals surface area contributed by atoms with Crippen LogP contribution in [0.25, 0.3) is 32.3 Å². The van der Waals surface area contributed by atoms with E-state index in [1.54, 1.807) is 0 Å². The van der Waals surface area contributed by atoms with Crippen molar-refractivity contribution < 1.29 is 19.7 Å². The Balaban J connectivity index is 1.87. The molecule has 0 saturated heterocycles. The van der Waals surface area contributed by atoms with Crippen LogP contribution in [0, 0.1) is 0 Å². The summed E-state index contributed by atoms with van der Waals surface area (Å²) in [6.07, 6.45) is 0.312. The fraction of sp³-hybridized carbons (Fsp3) is 0.227. The molecule has 4 aromatic rings. The second-order valence-electron chi connectivity index (χ2n) is 6.51. The summed E-state index contributed by atoms with van der Waals surface area (Å²) >= 11 is 0. The van der Waals surface area contributed by atoms with Gasteiger partial charge < -0.3 is 19.7 Å². The molecular formula is C22H19O4-. The van der Waals surface area contributed by atoms with Crippen molar-refractivity contribution in [3.8, 4) is 0 Å². The molecule has 0 spiro atoms. The molecular weight excluding hydrogens is 328 g/mol. The number of carbonyl (C=O) groups is 1. The maximum atomic E-state index is 11.8. The second-order valence-corrected chi connectivity index (χ2v) is 6.51. The first-order valence-electron chi connectivity index (χ1n) is 8.76. The number of ether oxygens (including phenoxy) is 1. The summed E-state index contributed by atoms with van der Waals surface area (Å²) in [5.41, 5.74) is 0.753. The third-order valence-corrected chi connectivity index (χ3v) is 5.01. The second kappa shape index (κ2) is 6.90. The van der Waals surface area contributed by atoms with Crippen LogP contribution in [0.3, 0.4) is 0 Å². The molecule has 4 heteroatoms. The molecule has 0 fully saturated rings. The Morgan fingerprint density at radius 2 is 1.58 bits per heavy atom. The zero-order valence-electron chi connectivity index (χ0n) is 14.3. The molecule has 4 nitrogen and oxygen atoms in total. The van der Waals surface area contributed by atoms with Crippen LogP contribution in [0.1, 0.15) is 17.9 Å². The van der Waals surface area contributed by atoms with Gasteiger partial charge in [-0.2, -0.15) is 0 Å². The molecule has 0 radical (unpaired) electrons. The molecule has 1 atom stereocenters. The van der Waals surface area contributed by atoms with Crippen LogP contribution >= 0.6 is 0 Å². The number of rotatable bonds is 7. The largest absolute Gasteiger partial charge is 0.549 e. The van der Waals surface area contributed by atoms with Crippen LogP contribution in [0.5, 0.6) is 0 Å². The lowest BCUT2D eigenvalue weighted by Gasteiger charge is -2.22. The van der Waals surface area contributed by atoms with Gasteiger partial charge in [0.2, 0.25) is 0 Å². The first-order chi connectivity index (χ1) is 12.7. The number of carboxylic acids is 1. The molecule has 0 aliphatic rings. The minimum atomic E-state index is -1.10. The van der Waals surface area contributed by atoms with Crippen molar-refractivity contribution >= 4 is 38.3 Å². The number of hydrogen-bond donors (Lipinski definition) is 1. The van der Waals surface area contributed by atoms with Gasteiger partial charge >= 0.3 is 0 Å². The van der Waals surface area contributed by atoms with Crippen molar-refractivity contribution in [1.29, 1.82) is 0 Å². The van der Waals surface area contributed by atoms with Crippen LogP contribution in [-0.2, 0) is 9.53 Å². The van der Waals surface area contributed by atoms with Gasteiger partial charge in [0.05, 0.1) is 13.2 Å². The third kappa shape index (κ3) is 2.77. The van der Waals surface area contributed by atoms with Crippen molar-refractivity contribution in [1.82, 2.24) is 0 Å². The lowest BCUT2D eigenvalue weighted by Crippen LogP contribution is -2.30. The van der Waals surface area contributed by atoms with E-state index in [-0.39, 0.29) is 19.8 Å². The van der Waals surface area contributed by atoms with Gasteiger partial charge in [0.15, 0.2) is 0 Å². The summed E-state index contributed by atoms with van der Waals surface area (Å²) in [7, 11) is 0. The van der Waals surface area contributed by atoms with Crippen molar-refractivity contribution in [3.63, 3.8) is 0 Å². The van der Waals surface area contributed by atoms with Gasteiger partial charge in [-0.25, -0.2) is 0 Å². The molecule has 1 unspecified atom stereocenters. The highest BCUT2D eigenvalue weighted by molar-refractivity contribution is 6.23. The minimum absolute atomic E-state index is 0.0747. The van der Waals surface area contributed by atoms with E-state index >= 15 is 0 Å². The number of carboxylic acid groups (broad SMARTS) is 1. The smallest absolute Gasteiger partial charge is 0.0697 e. The minimum Gasteiger partial charge on any atom is -0.549 e. The summed E-state index contributed by atoms with van der Waals surface area (Å²) in [6.45, 7) is 0.397. The van der Waals surface area contributed by atoms with Crippen molar-refractivity contribution in [3.05, 3.63) is 60.2 Å². The standard InChI is InChI=1S/C22H20O4/c23-11-13-26-12-10-19(22(24)25)17-8-6-16-5-4-14-2-1-3-15-7-9-18(17)21(16)20(14)15/h1-9,19,23H,10-13H2,(H,24,25)/p-1. The number of aliphatic hydroxyl groups is 1. The molecule has 26 heavy (non-hydrogen) atoms. The summed E-state index contributed by atoms with van der Waals surface area (Å²) in [5.74, 6) is -1.86. The Kier molecular flexibility index (Phi) is 4.45. The van der Waals surface area contributed by atoms with Gasteiger partial charge in [0.1, 0.15) is 0 Å². The topological polar surface area (TPSA) is 69.6 Å². The summed E-state index contributed by atoms with van der Waals surface area (Å²) in [4.78, 5) is 11.8. The molecule has 0 aromatic heterocycles. The summed E-state index contributed by atoms with van der Waals surface area (Å²) < 4.78 is 5.27. The number of benzene rings is 4. The number of aliphatic hydroxyl groups excluding tert-OH is 1. The summed E-state index contributed by atoms with van der Waals surface area (Å²) in [6, 6.07) is 18.3. The Morgan fingerprint density at radius 1 is 0.923 bits per heavy atom. The normalized spacial score (nSPS) is 13.0. The number of aliphatic carboxylic acids is 1. The fourth-order valence-corrected chi connectivity index (χ4v) is 3.83.